The van der Waals surface area contributed by atoms with Gasteiger partial charge >= 0.3 is 0 Å². The molecule has 0 saturated carbocycles. The molecular weight excluding hydrogens is 306 g/mol. The summed E-state index contributed by atoms with van der Waals surface area (Å²) in [6.07, 6.45) is 1.26. The maximum absolute atomic E-state index is 12.0. The lowest BCUT2D eigenvalue weighted by molar-refractivity contribution is -0.124. The van der Waals surface area contributed by atoms with Crippen LogP contribution in [0.1, 0.15) is 12.8 Å². The molecule has 7 heteroatoms. The second-order valence-electron chi connectivity index (χ2n) is 5.00. The molecular formula is C15H16ClN3O3. The van der Waals surface area contributed by atoms with Crippen LogP contribution in [0.3, 0.4) is 0 Å². The Morgan fingerprint density at radius 1 is 1.50 bits per heavy atom. The van der Waals surface area contributed by atoms with Crippen LogP contribution < -0.4 is 10.1 Å². The number of nitrogens with zero attached hydrogens (tertiary/aromatic N) is 1. The fourth-order valence-electron chi connectivity index (χ4n) is 2.41. The van der Waals surface area contributed by atoms with E-state index in [1.807, 2.05) is 0 Å². The van der Waals surface area contributed by atoms with Crippen molar-refractivity contribution in [2.45, 2.75) is 18.9 Å². The average molecular weight is 322 g/mol. The summed E-state index contributed by atoms with van der Waals surface area (Å²) in [7, 11) is 1.59. The van der Waals surface area contributed by atoms with E-state index < -0.39 is 0 Å². The third-order valence-electron chi connectivity index (χ3n) is 3.50. The Morgan fingerprint density at radius 2 is 2.36 bits per heavy atom. The number of rotatable bonds is 4. The van der Waals surface area contributed by atoms with Gasteiger partial charge < -0.3 is 14.8 Å². The smallest absolute Gasteiger partial charge is 0.254 e. The maximum atomic E-state index is 12.0. The van der Waals surface area contributed by atoms with E-state index in [-0.39, 0.29) is 12.0 Å². The standard InChI is InChI=1S/C15H16ClN3O3/c1-21-12-5-4-9(16)7-10(12)11-8-14(19-18-11)17-15(20)13-3-2-6-22-13/h4-5,7-8,13H,2-3,6H2,1H3,(H2,17,18,19,20)/t13-/m0/s1. The lowest BCUT2D eigenvalue weighted by Crippen LogP contribution is -2.26. The number of benzene rings is 1. The summed E-state index contributed by atoms with van der Waals surface area (Å²) in [4.78, 5) is 12.0. The number of aromatic nitrogens is 2. The van der Waals surface area contributed by atoms with Gasteiger partial charge in [0.15, 0.2) is 5.82 Å². The van der Waals surface area contributed by atoms with Gasteiger partial charge in [-0.15, -0.1) is 0 Å². The van der Waals surface area contributed by atoms with Crippen molar-refractivity contribution < 1.29 is 14.3 Å². The number of anilines is 1. The van der Waals surface area contributed by atoms with Gasteiger partial charge in [0, 0.05) is 23.3 Å². The van der Waals surface area contributed by atoms with E-state index in [4.69, 9.17) is 21.1 Å². The third kappa shape index (κ3) is 3.08. The average Bonchev–Trinajstić information content (AvgIpc) is 3.18. The van der Waals surface area contributed by atoms with Crippen molar-refractivity contribution in [3.63, 3.8) is 0 Å². The Bertz CT molecular complexity index is 680. The normalized spacial score (nSPS) is 17.5. The van der Waals surface area contributed by atoms with Crippen LogP contribution in [0.5, 0.6) is 5.75 Å². The van der Waals surface area contributed by atoms with E-state index >= 15 is 0 Å². The molecule has 3 rings (SSSR count). The van der Waals surface area contributed by atoms with Gasteiger partial charge in [0.25, 0.3) is 5.91 Å². The Balaban J connectivity index is 1.79. The Hall–Kier alpha value is -2.05. The number of halogens is 1. The molecule has 2 heterocycles. The molecule has 0 aliphatic carbocycles. The van der Waals surface area contributed by atoms with Gasteiger partial charge in [-0.25, -0.2) is 0 Å². The van der Waals surface area contributed by atoms with E-state index in [2.05, 4.69) is 15.5 Å². The third-order valence-corrected chi connectivity index (χ3v) is 3.74. The first-order valence-electron chi connectivity index (χ1n) is 6.99. The van der Waals surface area contributed by atoms with Crippen LogP contribution in [-0.4, -0.2) is 35.9 Å². The molecule has 0 radical (unpaired) electrons. The monoisotopic (exact) mass is 321 g/mol. The molecule has 1 aliphatic heterocycles. The summed E-state index contributed by atoms with van der Waals surface area (Å²) in [5, 5.41) is 10.3. The number of aromatic amines is 1. The van der Waals surface area contributed by atoms with Crippen molar-refractivity contribution in [2.75, 3.05) is 19.0 Å². The molecule has 1 aliphatic rings. The molecule has 1 fully saturated rings. The summed E-state index contributed by atoms with van der Waals surface area (Å²) >= 11 is 6.02. The highest BCUT2D eigenvalue weighted by atomic mass is 35.5. The highest BCUT2D eigenvalue weighted by Crippen LogP contribution is 2.32. The number of hydrogen-bond donors (Lipinski definition) is 2. The van der Waals surface area contributed by atoms with Gasteiger partial charge in [0.1, 0.15) is 11.9 Å². The number of H-pyrrole nitrogens is 1. The highest BCUT2D eigenvalue weighted by molar-refractivity contribution is 6.31. The zero-order chi connectivity index (χ0) is 15.5. The largest absolute Gasteiger partial charge is 0.496 e. The van der Waals surface area contributed by atoms with E-state index in [0.29, 0.717) is 28.9 Å². The van der Waals surface area contributed by atoms with Crippen LogP contribution in [0.15, 0.2) is 24.3 Å². The SMILES string of the molecule is COc1ccc(Cl)cc1-c1cc(NC(=O)[C@@H]2CCCO2)n[nH]1. The number of carbonyl (C=O) groups is 1. The van der Waals surface area contributed by atoms with Crippen molar-refractivity contribution in [1.82, 2.24) is 10.2 Å². The fraction of sp³-hybridized carbons (Fsp3) is 0.333. The minimum absolute atomic E-state index is 0.173. The summed E-state index contributed by atoms with van der Waals surface area (Å²) < 4.78 is 10.7. The van der Waals surface area contributed by atoms with Gasteiger partial charge in [-0.2, -0.15) is 5.10 Å². The molecule has 1 atom stereocenters. The summed E-state index contributed by atoms with van der Waals surface area (Å²) in [5.74, 6) is 0.941. The predicted octanol–water partition coefficient (Wildman–Crippen LogP) is 2.86. The second kappa shape index (κ2) is 6.37. The number of amides is 1. The molecule has 0 spiro atoms. The van der Waals surface area contributed by atoms with Crippen LogP contribution in [0.2, 0.25) is 5.02 Å². The van der Waals surface area contributed by atoms with Gasteiger partial charge in [0.2, 0.25) is 0 Å². The molecule has 2 N–H and O–H groups in total. The van der Waals surface area contributed by atoms with Gasteiger partial charge in [-0.1, -0.05) is 11.6 Å². The first-order valence-corrected chi connectivity index (χ1v) is 7.37. The van der Waals surface area contributed by atoms with E-state index in [1.54, 1.807) is 31.4 Å². The fourth-order valence-corrected chi connectivity index (χ4v) is 2.58. The van der Waals surface area contributed by atoms with Gasteiger partial charge in [-0.3, -0.25) is 9.89 Å². The molecule has 0 bridgehead atoms. The molecule has 0 unspecified atom stereocenters. The van der Waals surface area contributed by atoms with Crippen LogP contribution in [0.25, 0.3) is 11.3 Å². The van der Waals surface area contributed by atoms with Crippen molar-refractivity contribution in [2.24, 2.45) is 0 Å². The molecule has 1 amide bonds. The molecule has 116 valence electrons. The molecule has 1 aromatic heterocycles. The van der Waals surface area contributed by atoms with Gasteiger partial charge in [0.05, 0.1) is 12.8 Å². The minimum atomic E-state index is -0.388. The van der Waals surface area contributed by atoms with E-state index in [0.717, 1.165) is 18.4 Å². The summed E-state index contributed by atoms with van der Waals surface area (Å²) in [6, 6.07) is 7.05. The van der Waals surface area contributed by atoms with Crippen LogP contribution >= 0.6 is 11.6 Å². The Morgan fingerprint density at radius 3 is 3.09 bits per heavy atom. The van der Waals surface area contributed by atoms with Crippen LogP contribution in [-0.2, 0) is 9.53 Å². The second-order valence-corrected chi connectivity index (χ2v) is 5.44. The van der Waals surface area contributed by atoms with Gasteiger partial charge in [-0.05, 0) is 31.0 Å². The number of methoxy groups -OCH3 is 1. The topological polar surface area (TPSA) is 76.2 Å². The van der Waals surface area contributed by atoms with Crippen molar-refractivity contribution >= 4 is 23.3 Å². The Kier molecular flexibility index (Phi) is 4.31. The van der Waals surface area contributed by atoms with Crippen LogP contribution in [0.4, 0.5) is 5.82 Å². The lowest BCUT2D eigenvalue weighted by Gasteiger charge is -2.08. The van der Waals surface area contributed by atoms with E-state index in [1.165, 1.54) is 0 Å². The number of carbonyl (C=O) groups excluding carboxylic acids is 1. The summed E-state index contributed by atoms with van der Waals surface area (Å²) in [6.45, 7) is 0.629. The number of hydrogen-bond acceptors (Lipinski definition) is 4. The van der Waals surface area contributed by atoms with Crippen molar-refractivity contribution in [3.05, 3.63) is 29.3 Å². The first-order chi connectivity index (χ1) is 10.7. The highest BCUT2D eigenvalue weighted by Gasteiger charge is 2.24. The summed E-state index contributed by atoms with van der Waals surface area (Å²) in [5.41, 5.74) is 1.49. The van der Waals surface area contributed by atoms with Crippen LogP contribution in [0, 0.1) is 0 Å². The van der Waals surface area contributed by atoms with Crippen molar-refractivity contribution in [3.8, 4) is 17.0 Å². The minimum Gasteiger partial charge on any atom is -0.496 e. The van der Waals surface area contributed by atoms with Crippen molar-refractivity contribution in [1.29, 1.82) is 0 Å². The molecule has 1 saturated heterocycles. The molecule has 1 aromatic carbocycles. The predicted molar refractivity (Wildman–Crippen MR) is 83.2 cm³/mol. The molecule has 22 heavy (non-hydrogen) atoms. The lowest BCUT2D eigenvalue weighted by atomic mass is 10.1. The zero-order valence-electron chi connectivity index (χ0n) is 12.1. The number of ether oxygens (including phenoxy) is 2. The molecule has 6 nitrogen and oxygen atoms in total. The number of nitrogens with one attached hydrogen (secondary N) is 2. The zero-order valence-corrected chi connectivity index (χ0v) is 12.8. The maximum Gasteiger partial charge on any atom is 0.254 e. The molecule has 2 aromatic rings. The quantitative estimate of drug-likeness (QED) is 0.908. The van der Waals surface area contributed by atoms with E-state index in [9.17, 15) is 4.79 Å². The Labute approximate surface area is 132 Å². The first kappa shape index (κ1) is 14.9.